The number of carbonyl (C=O) groups excluding carboxylic acids is 2. The van der Waals surface area contributed by atoms with E-state index in [2.05, 4.69) is 5.32 Å². The second kappa shape index (κ2) is 7.33. The zero-order chi connectivity index (χ0) is 14.4. The Labute approximate surface area is 114 Å². The van der Waals surface area contributed by atoms with Crippen LogP contribution in [0.1, 0.15) is 26.2 Å². The number of rotatable bonds is 4. The molecule has 0 radical (unpaired) electrons. The summed E-state index contributed by atoms with van der Waals surface area (Å²) in [6, 6.07) is -0.158. The molecule has 1 atom stereocenters. The Bertz CT molecular complexity index is 308. The molecule has 0 aliphatic carbocycles. The lowest BCUT2D eigenvalue weighted by Gasteiger charge is -2.33. The molecule has 1 rings (SSSR count). The highest BCUT2D eigenvalue weighted by Crippen LogP contribution is 2.18. The van der Waals surface area contributed by atoms with Crippen LogP contribution in [0, 0.1) is 5.92 Å². The van der Waals surface area contributed by atoms with E-state index in [1.807, 2.05) is 6.92 Å². The van der Waals surface area contributed by atoms with Crippen LogP contribution < -0.4 is 5.32 Å². The SMILES string of the molecule is CCC(CO)NC(=O)C1CCN(C(=O)N(C)C)CC1. The Balaban J connectivity index is 2.41. The van der Waals surface area contributed by atoms with Crippen LogP contribution >= 0.6 is 0 Å². The minimum atomic E-state index is -0.158. The minimum absolute atomic E-state index is 0.000603. The molecule has 0 bridgehead atoms. The lowest BCUT2D eigenvalue weighted by Crippen LogP contribution is -2.48. The van der Waals surface area contributed by atoms with Gasteiger partial charge in [-0.05, 0) is 19.3 Å². The Hall–Kier alpha value is -1.30. The molecule has 0 spiro atoms. The molecule has 1 aliphatic heterocycles. The summed E-state index contributed by atoms with van der Waals surface area (Å²) >= 11 is 0. The molecule has 1 heterocycles. The molecule has 0 aromatic rings. The third kappa shape index (κ3) is 4.38. The van der Waals surface area contributed by atoms with E-state index in [1.54, 1.807) is 23.9 Å². The molecular weight excluding hydrogens is 246 g/mol. The number of aliphatic hydroxyl groups excluding tert-OH is 1. The molecule has 19 heavy (non-hydrogen) atoms. The van der Waals surface area contributed by atoms with Crippen LogP contribution in [0.3, 0.4) is 0 Å². The summed E-state index contributed by atoms with van der Waals surface area (Å²) in [5.74, 6) is -0.0512. The first-order valence-corrected chi connectivity index (χ1v) is 6.87. The van der Waals surface area contributed by atoms with Crippen molar-refractivity contribution in [1.29, 1.82) is 0 Å². The van der Waals surface area contributed by atoms with E-state index < -0.39 is 0 Å². The lowest BCUT2D eigenvalue weighted by molar-refractivity contribution is -0.127. The second-order valence-corrected chi connectivity index (χ2v) is 5.23. The molecule has 1 unspecified atom stereocenters. The van der Waals surface area contributed by atoms with Gasteiger partial charge in [0, 0.05) is 33.1 Å². The molecule has 0 aromatic carbocycles. The van der Waals surface area contributed by atoms with Crippen molar-refractivity contribution in [2.45, 2.75) is 32.2 Å². The Morgan fingerprint density at radius 3 is 2.37 bits per heavy atom. The molecule has 1 aliphatic rings. The number of amides is 3. The number of nitrogens with zero attached hydrogens (tertiary/aromatic N) is 2. The van der Waals surface area contributed by atoms with E-state index in [-0.39, 0.29) is 30.5 Å². The van der Waals surface area contributed by atoms with E-state index in [1.165, 1.54) is 0 Å². The van der Waals surface area contributed by atoms with Gasteiger partial charge in [-0.25, -0.2) is 4.79 Å². The van der Waals surface area contributed by atoms with Gasteiger partial charge in [-0.2, -0.15) is 0 Å². The Kier molecular flexibility index (Phi) is 6.08. The van der Waals surface area contributed by atoms with Gasteiger partial charge in [0.05, 0.1) is 12.6 Å². The number of nitrogens with one attached hydrogen (secondary N) is 1. The third-order valence-corrected chi connectivity index (χ3v) is 3.58. The second-order valence-electron chi connectivity index (χ2n) is 5.23. The number of urea groups is 1. The van der Waals surface area contributed by atoms with Gasteiger partial charge in [0.1, 0.15) is 0 Å². The van der Waals surface area contributed by atoms with Gasteiger partial charge in [0.15, 0.2) is 0 Å². The zero-order valence-electron chi connectivity index (χ0n) is 12.1. The van der Waals surface area contributed by atoms with Crippen molar-refractivity contribution in [3.8, 4) is 0 Å². The predicted octanol–water partition coefficient (Wildman–Crippen LogP) is 0.267. The van der Waals surface area contributed by atoms with Crippen LogP contribution in [0.5, 0.6) is 0 Å². The lowest BCUT2D eigenvalue weighted by atomic mass is 9.95. The summed E-state index contributed by atoms with van der Waals surface area (Å²) in [5, 5.41) is 11.9. The highest BCUT2D eigenvalue weighted by atomic mass is 16.3. The summed E-state index contributed by atoms with van der Waals surface area (Å²) in [5.41, 5.74) is 0. The minimum Gasteiger partial charge on any atom is -0.394 e. The van der Waals surface area contributed by atoms with Gasteiger partial charge in [-0.1, -0.05) is 6.92 Å². The molecule has 1 saturated heterocycles. The van der Waals surface area contributed by atoms with Crippen molar-refractivity contribution in [2.75, 3.05) is 33.8 Å². The van der Waals surface area contributed by atoms with Gasteiger partial charge >= 0.3 is 6.03 Å². The number of carbonyl (C=O) groups is 2. The maximum absolute atomic E-state index is 12.0. The third-order valence-electron chi connectivity index (χ3n) is 3.58. The van der Waals surface area contributed by atoms with Crippen molar-refractivity contribution in [3.63, 3.8) is 0 Å². The van der Waals surface area contributed by atoms with Crippen LogP contribution in [0.4, 0.5) is 4.79 Å². The monoisotopic (exact) mass is 271 g/mol. The summed E-state index contributed by atoms with van der Waals surface area (Å²) in [7, 11) is 3.46. The van der Waals surface area contributed by atoms with Crippen molar-refractivity contribution < 1.29 is 14.7 Å². The Morgan fingerprint density at radius 2 is 1.95 bits per heavy atom. The van der Waals surface area contributed by atoms with Gasteiger partial charge in [0.2, 0.25) is 5.91 Å². The fourth-order valence-corrected chi connectivity index (χ4v) is 2.21. The molecule has 1 fully saturated rings. The zero-order valence-corrected chi connectivity index (χ0v) is 12.1. The van der Waals surface area contributed by atoms with E-state index >= 15 is 0 Å². The van der Waals surface area contributed by atoms with Crippen LogP contribution in [0.25, 0.3) is 0 Å². The molecule has 6 nitrogen and oxygen atoms in total. The van der Waals surface area contributed by atoms with Crippen LogP contribution in [-0.4, -0.2) is 66.7 Å². The topological polar surface area (TPSA) is 72.9 Å². The molecule has 3 amide bonds. The maximum atomic E-state index is 12.0. The smallest absolute Gasteiger partial charge is 0.319 e. The van der Waals surface area contributed by atoms with Crippen LogP contribution in [0.2, 0.25) is 0 Å². The average Bonchev–Trinajstić information content (AvgIpc) is 2.43. The predicted molar refractivity (Wildman–Crippen MR) is 72.7 cm³/mol. The fourth-order valence-electron chi connectivity index (χ4n) is 2.21. The number of hydrogen-bond donors (Lipinski definition) is 2. The van der Waals surface area contributed by atoms with Crippen LogP contribution in [0.15, 0.2) is 0 Å². The first kappa shape index (κ1) is 15.8. The normalized spacial score (nSPS) is 18.0. The first-order chi connectivity index (χ1) is 8.99. The molecule has 6 heteroatoms. The molecule has 0 aromatic heterocycles. The van der Waals surface area contributed by atoms with Crippen molar-refractivity contribution in [1.82, 2.24) is 15.1 Å². The number of hydrogen-bond acceptors (Lipinski definition) is 3. The van der Waals surface area contributed by atoms with E-state index in [9.17, 15) is 9.59 Å². The first-order valence-electron chi connectivity index (χ1n) is 6.87. The molecular formula is C13H25N3O3. The van der Waals surface area contributed by atoms with Gasteiger partial charge in [-0.15, -0.1) is 0 Å². The van der Waals surface area contributed by atoms with Gasteiger partial charge in [0.25, 0.3) is 0 Å². The highest BCUT2D eigenvalue weighted by molar-refractivity contribution is 5.80. The molecule has 2 N–H and O–H groups in total. The van der Waals surface area contributed by atoms with Crippen molar-refractivity contribution >= 4 is 11.9 Å². The molecule has 110 valence electrons. The molecule has 0 saturated carbocycles. The van der Waals surface area contributed by atoms with Crippen molar-refractivity contribution in [3.05, 3.63) is 0 Å². The van der Waals surface area contributed by atoms with Crippen LogP contribution in [-0.2, 0) is 4.79 Å². The number of piperidine rings is 1. The summed E-state index contributed by atoms with van der Waals surface area (Å²) in [6.07, 6.45) is 2.10. The van der Waals surface area contributed by atoms with E-state index in [0.717, 1.165) is 6.42 Å². The Morgan fingerprint density at radius 1 is 1.37 bits per heavy atom. The highest BCUT2D eigenvalue weighted by Gasteiger charge is 2.28. The summed E-state index contributed by atoms with van der Waals surface area (Å²) in [6.45, 7) is 3.13. The largest absolute Gasteiger partial charge is 0.394 e. The van der Waals surface area contributed by atoms with Crippen molar-refractivity contribution in [2.24, 2.45) is 5.92 Å². The number of likely N-dealkylation sites (tertiary alicyclic amines) is 1. The number of aliphatic hydroxyl groups is 1. The quantitative estimate of drug-likeness (QED) is 0.770. The van der Waals surface area contributed by atoms with E-state index in [0.29, 0.717) is 25.9 Å². The standard InChI is InChI=1S/C13H25N3O3/c1-4-11(9-17)14-12(18)10-5-7-16(8-6-10)13(19)15(2)3/h10-11,17H,4-9H2,1-3H3,(H,14,18). The maximum Gasteiger partial charge on any atom is 0.319 e. The average molecular weight is 271 g/mol. The summed E-state index contributed by atoms with van der Waals surface area (Å²) < 4.78 is 0. The van der Waals surface area contributed by atoms with Gasteiger partial charge < -0.3 is 20.2 Å². The fraction of sp³-hybridized carbons (Fsp3) is 0.846. The van der Waals surface area contributed by atoms with E-state index in [4.69, 9.17) is 5.11 Å². The van der Waals surface area contributed by atoms with Gasteiger partial charge in [-0.3, -0.25) is 4.79 Å². The summed E-state index contributed by atoms with van der Waals surface area (Å²) in [4.78, 5) is 27.1.